The van der Waals surface area contributed by atoms with Crippen molar-refractivity contribution in [3.05, 3.63) is 54.4 Å². The van der Waals surface area contributed by atoms with Crippen molar-refractivity contribution in [2.24, 2.45) is 0 Å². The summed E-state index contributed by atoms with van der Waals surface area (Å²) in [6, 6.07) is 14.6. The molecule has 0 aliphatic carbocycles. The lowest BCUT2D eigenvalue weighted by Gasteiger charge is -2.11. The summed E-state index contributed by atoms with van der Waals surface area (Å²) >= 11 is 1.62. The van der Waals surface area contributed by atoms with Crippen molar-refractivity contribution in [1.82, 2.24) is 9.55 Å². The van der Waals surface area contributed by atoms with Gasteiger partial charge in [0.25, 0.3) is 5.91 Å². The highest BCUT2D eigenvalue weighted by Gasteiger charge is 2.15. The zero-order valence-electron chi connectivity index (χ0n) is 15.7. The van der Waals surface area contributed by atoms with Crippen LogP contribution in [-0.4, -0.2) is 41.4 Å². The van der Waals surface area contributed by atoms with Crippen molar-refractivity contribution in [2.45, 2.75) is 12.3 Å². The number of ether oxygens (including phenoxy) is 2. The summed E-state index contributed by atoms with van der Waals surface area (Å²) in [5.41, 5.74) is 2.21. The first-order valence-electron chi connectivity index (χ1n) is 8.64. The van der Waals surface area contributed by atoms with Gasteiger partial charge in [-0.2, -0.15) is 11.8 Å². The van der Waals surface area contributed by atoms with E-state index >= 15 is 0 Å². The topological polar surface area (TPSA) is 82.5 Å². The molecule has 2 aromatic carbocycles. The van der Waals surface area contributed by atoms with Gasteiger partial charge in [0, 0.05) is 0 Å². The number of nitrogens with one attached hydrogen (secondary N) is 1. The van der Waals surface area contributed by atoms with Crippen LogP contribution in [0.25, 0.3) is 11.0 Å². The molecule has 1 N–H and O–H groups in total. The van der Waals surface area contributed by atoms with Crippen LogP contribution in [0, 0.1) is 0 Å². The Balaban J connectivity index is 1.62. The lowest BCUT2D eigenvalue weighted by molar-refractivity contribution is -0.147. The zero-order chi connectivity index (χ0) is 19.9. The van der Waals surface area contributed by atoms with Gasteiger partial charge in [0.1, 0.15) is 18.1 Å². The molecule has 0 spiro atoms. The van der Waals surface area contributed by atoms with Gasteiger partial charge in [-0.05, 0) is 30.5 Å². The number of amides is 1. The van der Waals surface area contributed by atoms with E-state index in [1.807, 2.05) is 35.1 Å². The number of rotatable bonds is 8. The Bertz CT molecular complexity index is 986. The fourth-order valence-corrected chi connectivity index (χ4v) is 3.27. The fourth-order valence-electron chi connectivity index (χ4n) is 2.80. The number of para-hydroxylation sites is 4. The molecule has 0 saturated carbocycles. The molecule has 3 rings (SSSR count). The second-order valence-corrected chi connectivity index (χ2v) is 6.81. The summed E-state index contributed by atoms with van der Waals surface area (Å²) in [7, 11) is 1.52. The summed E-state index contributed by atoms with van der Waals surface area (Å²) in [6.07, 6.45) is 1.98. The third kappa shape index (κ3) is 4.64. The number of imidazole rings is 1. The Kier molecular flexibility index (Phi) is 6.54. The van der Waals surface area contributed by atoms with Crippen LogP contribution >= 0.6 is 11.8 Å². The molecule has 1 heterocycles. The minimum absolute atomic E-state index is 0.00164. The number of carbonyl (C=O) groups is 2. The lowest BCUT2D eigenvalue weighted by Crippen LogP contribution is -2.23. The lowest BCUT2D eigenvalue weighted by atomic mass is 10.3. The van der Waals surface area contributed by atoms with E-state index in [1.165, 1.54) is 7.11 Å². The van der Waals surface area contributed by atoms with Crippen LogP contribution in [-0.2, 0) is 26.6 Å². The molecule has 0 unspecified atom stereocenters. The van der Waals surface area contributed by atoms with Crippen LogP contribution in [0.4, 0.5) is 5.69 Å². The monoisotopic (exact) mass is 399 g/mol. The standard InChI is InChI=1S/C20H21N3O4S/c1-26-17-10-6-4-8-15(17)22-19(24)12-27-20(25)11-23-16-9-5-3-7-14(16)21-18(23)13-28-2/h3-10H,11-13H2,1-2H3,(H,22,24). The minimum Gasteiger partial charge on any atom is -0.495 e. The van der Waals surface area contributed by atoms with E-state index in [0.717, 1.165) is 16.9 Å². The number of hydrogen-bond acceptors (Lipinski definition) is 6. The van der Waals surface area contributed by atoms with Gasteiger partial charge in [-0.25, -0.2) is 4.98 Å². The van der Waals surface area contributed by atoms with Gasteiger partial charge in [-0.1, -0.05) is 24.3 Å². The second kappa shape index (κ2) is 9.27. The number of esters is 1. The maximum absolute atomic E-state index is 12.3. The maximum atomic E-state index is 12.3. The maximum Gasteiger partial charge on any atom is 0.326 e. The van der Waals surface area contributed by atoms with Gasteiger partial charge in [0.2, 0.25) is 0 Å². The predicted molar refractivity (Wildman–Crippen MR) is 110 cm³/mol. The summed E-state index contributed by atoms with van der Waals surface area (Å²) < 4.78 is 12.2. The number of thioether (sulfide) groups is 1. The Morgan fingerprint density at radius 1 is 1.14 bits per heavy atom. The van der Waals surface area contributed by atoms with Gasteiger partial charge in [-0.3, -0.25) is 9.59 Å². The van der Waals surface area contributed by atoms with Gasteiger partial charge in [-0.15, -0.1) is 0 Å². The smallest absolute Gasteiger partial charge is 0.326 e. The molecule has 0 bridgehead atoms. The van der Waals surface area contributed by atoms with E-state index in [0.29, 0.717) is 17.2 Å². The van der Waals surface area contributed by atoms with Crippen LogP contribution in [0.3, 0.4) is 0 Å². The average molecular weight is 399 g/mol. The molecule has 28 heavy (non-hydrogen) atoms. The molecule has 0 aliphatic rings. The number of nitrogens with zero attached hydrogens (tertiary/aromatic N) is 2. The number of carbonyl (C=O) groups excluding carboxylic acids is 2. The normalized spacial score (nSPS) is 10.6. The summed E-state index contributed by atoms with van der Waals surface area (Å²) in [4.78, 5) is 29.0. The Hall–Kier alpha value is -3.00. The summed E-state index contributed by atoms with van der Waals surface area (Å²) in [5.74, 6) is 1.08. The highest BCUT2D eigenvalue weighted by molar-refractivity contribution is 7.97. The molecule has 0 atom stereocenters. The van der Waals surface area contributed by atoms with Gasteiger partial charge >= 0.3 is 5.97 Å². The fraction of sp³-hybridized carbons (Fsp3) is 0.250. The van der Waals surface area contributed by atoms with Crippen molar-refractivity contribution in [3.63, 3.8) is 0 Å². The van der Waals surface area contributed by atoms with Crippen LogP contribution in [0.15, 0.2) is 48.5 Å². The number of aromatic nitrogens is 2. The van der Waals surface area contributed by atoms with Crippen molar-refractivity contribution in [1.29, 1.82) is 0 Å². The molecule has 3 aromatic rings. The third-order valence-electron chi connectivity index (χ3n) is 4.04. The van der Waals surface area contributed by atoms with Crippen molar-refractivity contribution >= 4 is 40.4 Å². The van der Waals surface area contributed by atoms with E-state index < -0.39 is 11.9 Å². The first-order chi connectivity index (χ1) is 13.6. The zero-order valence-corrected chi connectivity index (χ0v) is 16.5. The molecule has 1 amide bonds. The van der Waals surface area contributed by atoms with Crippen LogP contribution in [0.5, 0.6) is 5.75 Å². The molecule has 0 fully saturated rings. The average Bonchev–Trinajstić information content (AvgIpc) is 3.04. The van der Waals surface area contributed by atoms with E-state index in [2.05, 4.69) is 10.3 Å². The van der Waals surface area contributed by atoms with Crippen molar-refractivity contribution < 1.29 is 19.1 Å². The third-order valence-corrected chi connectivity index (χ3v) is 4.59. The Labute approximate surface area is 167 Å². The van der Waals surface area contributed by atoms with Gasteiger partial charge < -0.3 is 19.4 Å². The SMILES string of the molecule is COc1ccccc1NC(=O)COC(=O)Cn1c(CSC)nc2ccccc21. The van der Waals surface area contributed by atoms with Crippen LogP contribution < -0.4 is 10.1 Å². The number of fused-ring (bicyclic) bond motifs is 1. The van der Waals surface area contributed by atoms with E-state index in [-0.39, 0.29) is 13.2 Å². The van der Waals surface area contributed by atoms with Gasteiger partial charge in [0.05, 0.1) is 29.6 Å². The summed E-state index contributed by atoms with van der Waals surface area (Å²) in [6.45, 7) is -0.375. The predicted octanol–water partition coefficient (Wildman–Crippen LogP) is 3.09. The molecule has 0 saturated heterocycles. The van der Waals surface area contributed by atoms with Crippen LogP contribution in [0.2, 0.25) is 0 Å². The quantitative estimate of drug-likeness (QED) is 0.586. The van der Waals surface area contributed by atoms with Crippen molar-refractivity contribution in [3.8, 4) is 5.75 Å². The van der Waals surface area contributed by atoms with E-state index in [1.54, 1.807) is 36.0 Å². The molecular weight excluding hydrogens is 378 g/mol. The van der Waals surface area contributed by atoms with Crippen LogP contribution in [0.1, 0.15) is 5.82 Å². The molecule has 146 valence electrons. The molecule has 0 radical (unpaired) electrons. The van der Waals surface area contributed by atoms with E-state index in [9.17, 15) is 9.59 Å². The number of benzene rings is 2. The second-order valence-electron chi connectivity index (χ2n) is 5.95. The molecule has 8 heteroatoms. The van der Waals surface area contributed by atoms with Gasteiger partial charge in [0.15, 0.2) is 6.61 Å². The molecule has 7 nitrogen and oxygen atoms in total. The molecule has 0 aliphatic heterocycles. The minimum atomic E-state index is -0.499. The highest BCUT2D eigenvalue weighted by Crippen LogP contribution is 2.23. The summed E-state index contributed by atoms with van der Waals surface area (Å²) in [5, 5.41) is 2.67. The number of anilines is 1. The van der Waals surface area contributed by atoms with Crippen molar-refractivity contribution in [2.75, 3.05) is 25.3 Å². The first kappa shape index (κ1) is 19.8. The number of hydrogen-bond donors (Lipinski definition) is 1. The highest BCUT2D eigenvalue weighted by atomic mass is 32.2. The molecule has 1 aromatic heterocycles. The van der Waals surface area contributed by atoms with E-state index in [4.69, 9.17) is 9.47 Å². The first-order valence-corrected chi connectivity index (χ1v) is 10.0. The molecular formula is C20H21N3O4S. The largest absolute Gasteiger partial charge is 0.495 e. The Morgan fingerprint density at radius 2 is 1.89 bits per heavy atom. The number of methoxy groups -OCH3 is 1. The Morgan fingerprint density at radius 3 is 2.68 bits per heavy atom.